The Balaban J connectivity index is 2.09. The van der Waals surface area contributed by atoms with Crippen LogP contribution < -0.4 is 10.6 Å². The molecular formula is C11H13N5O2. The van der Waals surface area contributed by atoms with Crippen LogP contribution in [0.4, 0.5) is 5.69 Å². The molecule has 18 heavy (non-hydrogen) atoms. The molecule has 0 saturated heterocycles. The smallest absolute Gasteiger partial charge is 0.255 e. The van der Waals surface area contributed by atoms with Crippen molar-refractivity contribution in [2.24, 2.45) is 0 Å². The van der Waals surface area contributed by atoms with E-state index < -0.39 is 0 Å². The maximum absolute atomic E-state index is 12.0. The molecule has 2 aromatic rings. The Bertz CT molecular complexity index is 538. The zero-order valence-corrected chi connectivity index (χ0v) is 10.1. The minimum Gasteiger partial charge on any atom is -0.387 e. The molecule has 2 rings (SSSR count). The third-order valence-corrected chi connectivity index (χ3v) is 2.37. The SMILES string of the molecule is CNc1cc(C)ncc1C(=O)NCc1ncon1. The van der Waals surface area contributed by atoms with Crippen LogP contribution >= 0.6 is 0 Å². The molecule has 0 atom stereocenters. The van der Waals surface area contributed by atoms with E-state index in [0.717, 1.165) is 11.4 Å². The Morgan fingerprint density at radius 3 is 2.94 bits per heavy atom. The maximum atomic E-state index is 12.0. The second-order valence-electron chi connectivity index (χ2n) is 3.65. The van der Waals surface area contributed by atoms with Gasteiger partial charge in [-0.1, -0.05) is 5.16 Å². The summed E-state index contributed by atoms with van der Waals surface area (Å²) >= 11 is 0. The molecule has 2 aromatic heterocycles. The summed E-state index contributed by atoms with van der Waals surface area (Å²) in [5.41, 5.74) is 2.05. The molecule has 94 valence electrons. The van der Waals surface area contributed by atoms with Crippen LogP contribution in [-0.4, -0.2) is 28.1 Å². The molecule has 7 heteroatoms. The number of nitrogens with one attached hydrogen (secondary N) is 2. The lowest BCUT2D eigenvalue weighted by molar-refractivity contribution is 0.0950. The van der Waals surface area contributed by atoms with Gasteiger partial charge in [-0.2, -0.15) is 4.98 Å². The first-order valence-electron chi connectivity index (χ1n) is 5.38. The van der Waals surface area contributed by atoms with Gasteiger partial charge < -0.3 is 15.2 Å². The van der Waals surface area contributed by atoms with E-state index in [1.54, 1.807) is 7.05 Å². The highest BCUT2D eigenvalue weighted by molar-refractivity contribution is 5.99. The highest BCUT2D eigenvalue weighted by atomic mass is 16.5. The molecule has 1 amide bonds. The highest BCUT2D eigenvalue weighted by Gasteiger charge is 2.12. The van der Waals surface area contributed by atoms with Gasteiger partial charge in [0.05, 0.1) is 17.8 Å². The minimum atomic E-state index is -0.239. The van der Waals surface area contributed by atoms with Gasteiger partial charge in [0.15, 0.2) is 5.82 Å². The zero-order chi connectivity index (χ0) is 13.0. The molecule has 0 aliphatic heterocycles. The van der Waals surface area contributed by atoms with Crippen molar-refractivity contribution in [2.45, 2.75) is 13.5 Å². The Morgan fingerprint density at radius 2 is 2.28 bits per heavy atom. The molecule has 0 bridgehead atoms. The normalized spacial score (nSPS) is 10.1. The molecule has 0 unspecified atom stereocenters. The van der Waals surface area contributed by atoms with E-state index in [4.69, 9.17) is 0 Å². The van der Waals surface area contributed by atoms with Crippen molar-refractivity contribution in [1.29, 1.82) is 0 Å². The largest absolute Gasteiger partial charge is 0.387 e. The van der Waals surface area contributed by atoms with Crippen LogP contribution in [0.2, 0.25) is 0 Å². The predicted octanol–water partition coefficient (Wildman–Crippen LogP) is 0.745. The van der Waals surface area contributed by atoms with Crippen LogP contribution in [0.1, 0.15) is 21.9 Å². The number of carbonyl (C=O) groups is 1. The van der Waals surface area contributed by atoms with Crippen molar-refractivity contribution in [1.82, 2.24) is 20.4 Å². The van der Waals surface area contributed by atoms with Crippen molar-refractivity contribution in [2.75, 3.05) is 12.4 Å². The summed E-state index contributed by atoms with van der Waals surface area (Å²) in [6, 6.07) is 1.81. The Kier molecular flexibility index (Phi) is 3.52. The maximum Gasteiger partial charge on any atom is 0.255 e. The first-order valence-corrected chi connectivity index (χ1v) is 5.38. The van der Waals surface area contributed by atoms with Gasteiger partial charge in [-0.15, -0.1) is 0 Å². The lowest BCUT2D eigenvalue weighted by Gasteiger charge is -2.09. The highest BCUT2D eigenvalue weighted by Crippen LogP contribution is 2.14. The van der Waals surface area contributed by atoms with Gasteiger partial charge in [-0.05, 0) is 13.0 Å². The molecule has 7 nitrogen and oxygen atoms in total. The van der Waals surface area contributed by atoms with Crippen LogP contribution in [0.3, 0.4) is 0 Å². The van der Waals surface area contributed by atoms with E-state index >= 15 is 0 Å². The van der Waals surface area contributed by atoms with Crippen LogP contribution in [0, 0.1) is 6.92 Å². The predicted molar refractivity (Wildman–Crippen MR) is 64.0 cm³/mol. The Morgan fingerprint density at radius 1 is 1.44 bits per heavy atom. The summed E-state index contributed by atoms with van der Waals surface area (Å²) < 4.78 is 4.58. The first kappa shape index (κ1) is 12.0. The number of pyridine rings is 1. The van der Waals surface area contributed by atoms with Gasteiger partial charge >= 0.3 is 0 Å². The van der Waals surface area contributed by atoms with E-state index in [0.29, 0.717) is 11.4 Å². The van der Waals surface area contributed by atoms with Gasteiger partial charge in [0.2, 0.25) is 6.39 Å². The lowest BCUT2D eigenvalue weighted by atomic mass is 10.2. The molecule has 0 spiro atoms. The van der Waals surface area contributed by atoms with Gasteiger partial charge in [0, 0.05) is 18.9 Å². The Labute approximate surface area is 104 Å². The van der Waals surface area contributed by atoms with Gasteiger partial charge in [0.25, 0.3) is 5.91 Å². The second kappa shape index (κ2) is 5.26. The fraction of sp³-hybridized carbons (Fsp3) is 0.273. The standard InChI is InChI=1S/C11H13N5O2/c1-7-3-9(12-2)8(4-13-7)11(17)14-5-10-15-6-18-16-10/h3-4,6H,5H2,1-2H3,(H,12,13)(H,14,17). The van der Waals surface area contributed by atoms with Gasteiger partial charge in [-0.25, -0.2) is 0 Å². The molecule has 2 heterocycles. The number of nitrogens with zero attached hydrogens (tertiary/aromatic N) is 3. The number of rotatable bonds is 4. The van der Waals surface area contributed by atoms with Crippen LogP contribution in [-0.2, 0) is 6.54 Å². The van der Waals surface area contributed by atoms with E-state index in [1.807, 2.05) is 13.0 Å². The summed E-state index contributed by atoms with van der Waals surface area (Å²) in [7, 11) is 1.75. The lowest BCUT2D eigenvalue weighted by Crippen LogP contribution is -2.24. The fourth-order valence-electron chi connectivity index (χ4n) is 1.47. The fourth-order valence-corrected chi connectivity index (χ4v) is 1.47. The molecule has 0 aliphatic rings. The van der Waals surface area contributed by atoms with E-state index in [9.17, 15) is 4.79 Å². The first-order chi connectivity index (χ1) is 8.70. The summed E-state index contributed by atoms with van der Waals surface area (Å²) in [6.07, 6.45) is 2.75. The number of amides is 1. The topological polar surface area (TPSA) is 92.9 Å². The van der Waals surface area contributed by atoms with Crippen molar-refractivity contribution in [3.8, 4) is 0 Å². The summed E-state index contributed by atoms with van der Waals surface area (Å²) in [5.74, 6) is 0.186. The number of hydrogen-bond acceptors (Lipinski definition) is 6. The van der Waals surface area contributed by atoms with Crippen LogP contribution in [0.15, 0.2) is 23.2 Å². The van der Waals surface area contributed by atoms with Crippen LogP contribution in [0.25, 0.3) is 0 Å². The van der Waals surface area contributed by atoms with Crippen molar-refractivity contribution in [3.63, 3.8) is 0 Å². The van der Waals surface area contributed by atoms with E-state index in [-0.39, 0.29) is 12.5 Å². The number of anilines is 1. The number of aryl methyl sites for hydroxylation is 1. The monoisotopic (exact) mass is 247 g/mol. The number of aromatic nitrogens is 3. The van der Waals surface area contributed by atoms with Crippen molar-refractivity contribution >= 4 is 11.6 Å². The molecule has 0 aliphatic carbocycles. The number of carbonyl (C=O) groups excluding carboxylic acids is 1. The number of hydrogen-bond donors (Lipinski definition) is 2. The average molecular weight is 247 g/mol. The second-order valence-corrected chi connectivity index (χ2v) is 3.65. The summed E-state index contributed by atoms with van der Waals surface area (Å²) in [4.78, 5) is 19.9. The van der Waals surface area contributed by atoms with Crippen LogP contribution in [0.5, 0.6) is 0 Å². The molecule has 0 saturated carbocycles. The zero-order valence-electron chi connectivity index (χ0n) is 10.1. The summed E-state index contributed by atoms with van der Waals surface area (Å²) in [6.45, 7) is 2.08. The van der Waals surface area contributed by atoms with E-state index in [2.05, 4.69) is 30.3 Å². The van der Waals surface area contributed by atoms with E-state index in [1.165, 1.54) is 12.6 Å². The third kappa shape index (κ3) is 2.62. The van der Waals surface area contributed by atoms with Crippen molar-refractivity contribution < 1.29 is 9.32 Å². The molecule has 0 radical (unpaired) electrons. The third-order valence-electron chi connectivity index (χ3n) is 2.37. The minimum absolute atomic E-state index is 0.215. The molecule has 0 aromatic carbocycles. The van der Waals surface area contributed by atoms with Gasteiger partial charge in [0.1, 0.15) is 0 Å². The van der Waals surface area contributed by atoms with Gasteiger partial charge in [-0.3, -0.25) is 9.78 Å². The van der Waals surface area contributed by atoms with Crippen molar-refractivity contribution in [3.05, 3.63) is 35.7 Å². The molecule has 0 fully saturated rings. The molecule has 2 N–H and O–H groups in total. The Hall–Kier alpha value is -2.44. The quantitative estimate of drug-likeness (QED) is 0.828. The molecular weight excluding hydrogens is 234 g/mol. The summed E-state index contributed by atoms with van der Waals surface area (Å²) in [5, 5.41) is 9.26. The average Bonchev–Trinajstić information content (AvgIpc) is 2.88.